The van der Waals surface area contributed by atoms with Gasteiger partial charge in [-0.05, 0) is 32.3 Å². The van der Waals surface area contributed by atoms with E-state index in [-0.39, 0.29) is 24.6 Å². The van der Waals surface area contributed by atoms with Gasteiger partial charge in [0.25, 0.3) is 0 Å². The monoisotopic (exact) mass is 294 g/mol. The first kappa shape index (κ1) is 17.4. The Balaban J connectivity index is 2.35. The number of aryl methyl sites for hydroxylation is 1. The van der Waals surface area contributed by atoms with Gasteiger partial charge < -0.3 is 4.74 Å². The minimum absolute atomic E-state index is 0.0835. The van der Waals surface area contributed by atoms with Crippen molar-refractivity contribution in [2.45, 2.75) is 65.3 Å². The van der Waals surface area contributed by atoms with E-state index in [0.717, 1.165) is 18.5 Å². The summed E-state index contributed by atoms with van der Waals surface area (Å²) in [6.07, 6.45) is 5.58. The lowest BCUT2D eigenvalue weighted by Gasteiger charge is -2.12. The number of ketones is 1. The highest BCUT2D eigenvalue weighted by Crippen LogP contribution is 2.15. The van der Waals surface area contributed by atoms with Crippen molar-refractivity contribution in [3.8, 4) is 0 Å². The summed E-state index contributed by atoms with van der Waals surface area (Å²) in [6.45, 7) is 6.42. The van der Waals surface area contributed by atoms with Crippen LogP contribution in [0, 0.1) is 0 Å². The largest absolute Gasteiger partial charge is 0.466 e. The van der Waals surface area contributed by atoms with Crippen molar-refractivity contribution in [1.82, 2.24) is 9.78 Å². The van der Waals surface area contributed by atoms with E-state index >= 15 is 0 Å². The summed E-state index contributed by atoms with van der Waals surface area (Å²) in [7, 11) is 0. The second-order valence-corrected chi connectivity index (χ2v) is 5.10. The summed E-state index contributed by atoms with van der Waals surface area (Å²) in [5, 5.41) is 4.52. The van der Waals surface area contributed by atoms with Crippen molar-refractivity contribution in [3.63, 3.8) is 0 Å². The van der Waals surface area contributed by atoms with Crippen molar-refractivity contribution in [1.29, 1.82) is 0 Å². The number of nitrogens with zero attached hydrogens (tertiary/aromatic N) is 2. The molecule has 0 radical (unpaired) electrons. The van der Waals surface area contributed by atoms with Gasteiger partial charge in [0.15, 0.2) is 0 Å². The molecule has 0 aliphatic carbocycles. The summed E-state index contributed by atoms with van der Waals surface area (Å²) < 4.78 is 6.79. The molecule has 0 unspecified atom stereocenters. The van der Waals surface area contributed by atoms with Crippen LogP contribution >= 0.6 is 0 Å². The zero-order valence-electron chi connectivity index (χ0n) is 13.3. The number of aromatic nitrogens is 2. The number of rotatable bonds is 10. The summed E-state index contributed by atoms with van der Waals surface area (Å²) in [5.41, 5.74) is 0.936. The molecule has 0 N–H and O–H groups in total. The van der Waals surface area contributed by atoms with Gasteiger partial charge in [-0.2, -0.15) is 5.10 Å². The number of hydrogen-bond donors (Lipinski definition) is 0. The van der Waals surface area contributed by atoms with Gasteiger partial charge >= 0.3 is 5.97 Å². The van der Waals surface area contributed by atoms with Crippen molar-refractivity contribution in [2.24, 2.45) is 0 Å². The van der Waals surface area contributed by atoms with Crippen LogP contribution in [0.3, 0.4) is 0 Å². The molecule has 1 heterocycles. The zero-order valence-corrected chi connectivity index (χ0v) is 13.3. The third-order valence-electron chi connectivity index (χ3n) is 3.55. The molecular weight excluding hydrogens is 268 g/mol. The third kappa shape index (κ3) is 6.10. The van der Waals surface area contributed by atoms with Crippen LogP contribution in [-0.4, -0.2) is 28.1 Å². The Bertz CT molecular complexity index is 450. The molecule has 0 saturated heterocycles. The molecule has 0 aromatic carbocycles. The van der Waals surface area contributed by atoms with Crippen molar-refractivity contribution >= 4 is 11.8 Å². The molecular formula is C16H26N2O3. The molecule has 1 aromatic heterocycles. The highest BCUT2D eigenvalue weighted by Gasteiger charge is 2.11. The first-order valence-electron chi connectivity index (χ1n) is 7.82. The van der Waals surface area contributed by atoms with Crippen LogP contribution in [0.15, 0.2) is 12.3 Å². The molecule has 0 bridgehead atoms. The minimum Gasteiger partial charge on any atom is -0.466 e. The Morgan fingerprint density at radius 2 is 1.90 bits per heavy atom. The van der Waals surface area contributed by atoms with Crippen LogP contribution in [0.1, 0.15) is 64.6 Å². The summed E-state index contributed by atoms with van der Waals surface area (Å²) in [4.78, 5) is 22.9. The number of carbonyl (C=O) groups excluding carboxylic acids is 2. The predicted molar refractivity (Wildman–Crippen MR) is 81.0 cm³/mol. The van der Waals surface area contributed by atoms with Gasteiger partial charge in [0.1, 0.15) is 5.78 Å². The number of carbonyl (C=O) groups is 2. The van der Waals surface area contributed by atoms with Gasteiger partial charge in [0, 0.05) is 19.0 Å². The third-order valence-corrected chi connectivity index (χ3v) is 3.55. The highest BCUT2D eigenvalue weighted by atomic mass is 16.5. The van der Waals surface area contributed by atoms with E-state index in [2.05, 4.69) is 18.9 Å². The lowest BCUT2D eigenvalue weighted by molar-refractivity contribution is -0.144. The summed E-state index contributed by atoms with van der Waals surface area (Å²) >= 11 is 0. The van der Waals surface area contributed by atoms with Crippen molar-refractivity contribution < 1.29 is 14.3 Å². The van der Waals surface area contributed by atoms with E-state index in [4.69, 9.17) is 4.74 Å². The maximum atomic E-state index is 11.7. The molecule has 0 amide bonds. The fourth-order valence-electron chi connectivity index (χ4n) is 2.24. The first-order valence-corrected chi connectivity index (χ1v) is 7.82. The lowest BCUT2D eigenvalue weighted by atomic mass is 10.1. The summed E-state index contributed by atoms with van der Waals surface area (Å²) in [6, 6.07) is 2.40. The minimum atomic E-state index is -0.302. The molecule has 0 atom stereocenters. The van der Waals surface area contributed by atoms with E-state index in [1.165, 1.54) is 0 Å². The van der Waals surface area contributed by atoms with Gasteiger partial charge in [-0.15, -0.1) is 0 Å². The highest BCUT2D eigenvalue weighted by molar-refractivity contribution is 5.83. The zero-order chi connectivity index (χ0) is 15.7. The van der Waals surface area contributed by atoms with Crippen LogP contribution in [0.2, 0.25) is 0 Å². The molecule has 5 heteroatoms. The van der Waals surface area contributed by atoms with Crippen LogP contribution in [-0.2, 0) is 20.7 Å². The van der Waals surface area contributed by atoms with Crippen LogP contribution in [0.5, 0.6) is 0 Å². The van der Waals surface area contributed by atoms with E-state index in [0.29, 0.717) is 25.5 Å². The van der Waals surface area contributed by atoms with E-state index in [1.807, 2.05) is 16.9 Å². The van der Waals surface area contributed by atoms with Gasteiger partial charge in [-0.25, -0.2) is 0 Å². The maximum absolute atomic E-state index is 11.7. The smallest absolute Gasteiger partial charge is 0.306 e. The normalized spacial score (nSPS) is 10.9. The van der Waals surface area contributed by atoms with E-state index < -0.39 is 0 Å². The Labute approximate surface area is 126 Å². The second-order valence-electron chi connectivity index (χ2n) is 5.10. The van der Waals surface area contributed by atoms with E-state index in [1.54, 1.807) is 6.92 Å². The number of ether oxygens (including phenoxy) is 1. The van der Waals surface area contributed by atoms with Gasteiger partial charge in [-0.3, -0.25) is 14.3 Å². The Morgan fingerprint density at radius 3 is 2.52 bits per heavy atom. The Hall–Kier alpha value is -1.65. The van der Waals surface area contributed by atoms with Crippen LogP contribution in [0.25, 0.3) is 0 Å². The van der Waals surface area contributed by atoms with Crippen molar-refractivity contribution in [2.75, 3.05) is 6.61 Å². The maximum Gasteiger partial charge on any atom is 0.306 e. The topological polar surface area (TPSA) is 61.2 Å². The fraction of sp³-hybridized carbons (Fsp3) is 0.688. The fourth-order valence-corrected chi connectivity index (χ4v) is 2.24. The average Bonchev–Trinajstić information content (AvgIpc) is 2.93. The Morgan fingerprint density at radius 1 is 1.19 bits per heavy atom. The molecule has 0 spiro atoms. The van der Waals surface area contributed by atoms with Crippen LogP contribution in [0.4, 0.5) is 0 Å². The molecule has 0 saturated carbocycles. The van der Waals surface area contributed by atoms with Gasteiger partial charge in [-0.1, -0.05) is 13.8 Å². The van der Waals surface area contributed by atoms with Crippen LogP contribution < -0.4 is 0 Å². The molecule has 1 rings (SSSR count). The number of Topliss-reactive ketones (excluding diaryl/α,β-unsaturated/α-hetero) is 1. The van der Waals surface area contributed by atoms with E-state index in [9.17, 15) is 9.59 Å². The van der Waals surface area contributed by atoms with Crippen molar-refractivity contribution in [3.05, 3.63) is 18.0 Å². The predicted octanol–water partition coefficient (Wildman–Crippen LogP) is 3.09. The quantitative estimate of drug-likeness (QED) is 0.622. The van der Waals surface area contributed by atoms with Gasteiger partial charge in [0.2, 0.25) is 0 Å². The average molecular weight is 294 g/mol. The molecule has 118 valence electrons. The molecule has 1 aromatic rings. The van der Waals surface area contributed by atoms with Gasteiger partial charge in [0.05, 0.1) is 24.8 Å². The Kier molecular flexibility index (Phi) is 7.72. The number of hydrogen-bond acceptors (Lipinski definition) is 4. The molecule has 5 nitrogen and oxygen atoms in total. The molecule has 0 fully saturated rings. The molecule has 0 aliphatic rings. The number of esters is 1. The molecule has 21 heavy (non-hydrogen) atoms. The summed E-state index contributed by atoms with van der Waals surface area (Å²) in [5.74, 6) is -0.219. The molecule has 0 aliphatic heterocycles. The standard InChI is InChI=1S/C16H26N2O3/c1-4-14(5-2)18-12-11-13(17-18)7-8-15(19)9-10-16(20)21-6-3/h11-12,14H,4-10H2,1-3H3. The first-order chi connectivity index (χ1) is 10.1. The lowest BCUT2D eigenvalue weighted by Crippen LogP contribution is -2.09. The second kappa shape index (κ2) is 9.32. The SMILES string of the molecule is CCOC(=O)CCC(=O)CCc1ccn(C(CC)CC)n1.